The summed E-state index contributed by atoms with van der Waals surface area (Å²) in [5.41, 5.74) is 2.35. The van der Waals surface area contributed by atoms with Gasteiger partial charge in [-0.25, -0.2) is 0 Å². The predicted molar refractivity (Wildman–Crippen MR) is 139 cm³/mol. The Kier molecular flexibility index (Phi) is 8.35. The van der Waals surface area contributed by atoms with Crippen LogP contribution in [-0.4, -0.2) is 35.3 Å². The van der Waals surface area contributed by atoms with E-state index in [2.05, 4.69) is 47.8 Å². The van der Waals surface area contributed by atoms with E-state index in [0.29, 0.717) is 19.4 Å². The van der Waals surface area contributed by atoms with E-state index < -0.39 is 6.04 Å². The van der Waals surface area contributed by atoms with Gasteiger partial charge in [0.15, 0.2) is 0 Å². The van der Waals surface area contributed by atoms with Crippen LogP contribution in [0.5, 0.6) is 0 Å². The first-order valence-electron chi connectivity index (χ1n) is 12.7. The number of hydrogen-bond acceptors (Lipinski definition) is 2. The number of rotatable bonds is 9. The molecule has 2 amide bonds. The second kappa shape index (κ2) is 11.8. The van der Waals surface area contributed by atoms with Crippen LogP contribution in [0.4, 0.5) is 0 Å². The van der Waals surface area contributed by atoms with Gasteiger partial charge < -0.3 is 10.2 Å². The third-order valence-electron chi connectivity index (χ3n) is 7.09. The molecular formula is C30H36N2O2. The Balaban J connectivity index is 1.45. The normalized spacial score (nSPS) is 15.1. The molecule has 4 nitrogen and oxygen atoms in total. The SMILES string of the molecule is C[C@H](C(=O)NC1CCCCC1)N(CCc1ccccc1)C(=O)CCc1cccc2ccccc12. The first-order valence-corrected chi connectivity index (χ1v) is 12.7. The number of nitrogens with one attached hydrogen (secondary N) is 1. The zero-order valence-corrected chi connectivity index (χ0v) is 20.2. The fraction of sp³-hybridized carbons (Fsp3) is 0.400. The second-order valence-corrected chi connectivity index (χ2v) is 9.48. The number of carbonyl (C=O) groups is 2. The van der Waals surface area contributed by atoms with Gasteiger partial charge in [0, 0.05) is 19.0 Å². The first kappa shape index (κ1) is 24.0. The van der Waals surface area contributed by atoms with Crippen molar-refractivity contribution in [1.29, 1.82) is 0 Å². The maximum atomic E-state index is 13.5. The zero-order valence-electron chi connectivity index (χ0n) is 20.2. The van der Waals surface area contributed by atoms with Gasteiger partial charge in [-0.15, -0.1) is 0 Å². The molecule has 1 aliphatic carbocycles. The van der Waals surface area contributed by atoms with Crippen LogP contribution >= 0.6 is 0 Å². The summed E-state index contributed by atoms with van der Waals surface area (Å²) in [6.07, 6.45) is 7.46. The molecule has 1 saturated carbocycles. The van der Waals surface area contributed by atoms with Crippen molar-refractivity contribution in [1.82, 2.24) is 10.2 Å². The average molecular weight is 457 g/mol. The van der Waals surface area contributed by atoms with Crippen molar-refractivity contribution in [3.05, 3.63) is 83.9 Å². The van der Waals surface area contributed by atoms with E-state index in [9.17, 15) is 9.59 Å². The highest BCUT2D eigenvalue weighted by atomic mass is 16.2. The van der Waals surface area contributed by atoms with Crippen LogP contribution in [0.1, 0.15) is 56.6 Å². The van der Waals surface area contributed by atoms with Gasteiger partial charge in [-0.05, 0) is 54.5 Å². The fourth-order valence-corrected chi connectivity index (χ4v) is 5.03. The molecule has 0 radical (unpaired) electrons. The summed E-state index contributed by atoms with van der Waals surface area (Å²) in [6, 6.07) is 24.5. The molecule has 4 heteroatoms. The molecule has 0 heterocycles. The van der Waals surface area contributed by atoms with Gasteiger partial charge in [-0.1, -0.05) is 92.1 Å². The number of amides is 2. The molecular weight excluding hydrogens is 420 g/mol. The minimum atomic E-state index is -0.481. The van der Waals surface area contributed by atoms with E-state index in [1.54, 1.807) is 4.90 Å². The molecule has 1 atom stereocenters. The predicted octanol–water partition coefficient (Wildman–Crippen LogP) is 5.68. The average Bonchev–Trinajstić information content (AvgIpc) is 2.88. The standard InChI is InChI=1S/C30H36N2O2/c1-23(30(34)31-27-16-6-3-7-17-27)32(22-21-24-11-4-2-5-12-24)29(33)20-19-26-15-10-14-25-13-8-9-18-28(25)26/h2,4-5,8-15,18,23,27H,3,6-7,16-17,19-22H2,1H3,(H,31,34)/t23-/m1/s1. The molecule has 0 aromatic heterocycles. The third kappa shape index (κ3) is 6.25. The van der Waals surface area contributed by atoms with Gasteiger partial charge >= 0.3 is 0 Å². The molecule has 3 aromatic rings. The van der Waals surface area contributed by atoms with E-state index in [-0.39, 0.29) is 17.9 Å². The van der Waals surface area contributed by atoms with Gasteiger partial charge in [-0.2, -0.15) is 0 Å². The highest BCUT2D eigenvalue weighted by Gasteiger charge is 2.27. The van der Waals surface area contributed by atoms with Crippen molar-refractivity contribution in [2.24, 2.45) is 0 Å². The summed E-state index contributed by atoms with van der Waals surface area (Å²) in [7, 11) is 0. The zero-order chi connectivity index (χ0) is 23.8. The molecule has 0 unspecified atom stereocenters. The van der Waals surface area contributed by atoms with Crippen LogP contribution in [-0.2, 0) is 22.4 Å². The summed E-state index contributed by atoms with van der Waals surface area (Å²) >= 11 is 0. The first-order chi connectivity index (χ1) is 16.6. The lowest BCUT2D eigenvalue weighted by molar-refractivity contribution is -0.140. The molecule has 1 aliphatic rings. The van der Waals surface area contributed by atoms with Crippen LogP contribution < -0.4 is 5.32 Å². The summed E-state index contributed by atoms with van der Waals surface area (Å²) in [4.78, 5) is 28.4. The quantitative estimate of drug-likeness (QED) is 0.450. The van der Waals surface area contributed by atoms with Crippen LogP contribution in [0.2, 0.25) is 0 Å². The topological polar surface area (TPSA) is 49.4 Å². The highest BCUT2D eigenvalue weighted by Crippen LogP contribution is 2.21. The Labute approximate surface area is 203 Å². The molecule has 0 saturated heterocycles. The lowest BCUT2D eigenvalue weighted by Crippen LogP contribution is -2.51. The Hall–Kier alpha value is -3.14. The Morgan fingerprint density at radius 1 is 0.882 bits per heavy atom. The summed E-state index contributed by atoms with van der Waals surface area (Å²) < 4.78 is 0. The molecule has 0 spiro atoms. The van der Waals surface area contributed by atoms with Gasteiger partial charge in [0.05, 0.1) is 0 Å². The van der Waals surface area contributed by atoms with Crippen LogP contribution in [0.15, 0.2) is 72.8 Å². The largest absolute Gasteiger partial charge is 0.352 e. The minimum Gasteiger partial charge on any atom is -0.352 e. The Bertz CT molecular complexity index is 1080. The van der Waals surface area contributed by atoms with Crippen molar-refractivity contribution in [3.8, 4) is 0 Å². The van der Waals surface area contributed by atoms with Crippen molar-refractivity contribution < 1.29 is 9.59 Å². The maximum absolute atomic E-state index is 13.5. The molecule has 4 rings (SSSR count). The number of hydrogen-bond donors (Lipinski definition) is 1. The second-order valence-electron chi connectivity index (χ2n) is 9.48. The number of aryl methyl sites for hydroxylation is 1. The van der Waals surface area contributed by atoms with E-state index in [1.807, 2.05) is 37.3 Å². The van der Waals surface area contributed by atoms with E-state index >= 15 is 0 Å². The monoisotopic (exact) mass is 456 g/mol. The van der Waals surface area contributed by atoms with E-state index in [4.69, 9.17) is 0 Å². The highest BCUT2D eigenvalue weighted by molar-refractivity contribution is 5.89. The van der Waals surface area contributed by atoms with Crippen molar-refractivity contribution >= 4 is 22.6 Å². The minimum absolute atomic E-state index is 0.0292. The Morgan fingerprint density at radius 3 is 2.38 bits per heavy atom. The molecule has 0 bridgehead atoms. The van der Waals surface area contributed by atoms with Crippen molar-refractivity contribution in [2.45, 2.75) is 70.4 Å². The summed E-state index contributed by atoms with van der Waals surface area (Å²) in [5.74, 6) is 0.00799. The molecule has 34 heavy (non-hydrogen) atoms. The van der Waals surface area contributed by atoms with Crippen LogP contribution in [0.25, 0.3) is 10.8 Å². The van der Waals surface area contributed by atoms with Gasteiger partial charge in [0.25, 0.3) is 0 Å². The molecule has 3 aromatic carbocycles. The molecule has 1 N–H and O–H groups in total. The van der Waals surface area contributed by atoms with Gasteiger partial charge in [-0.3, -0.25) is 9.59 Å². The molecule has 1 fully saturated rings. The van der Waals surface area contributed by atoms with Crippen LogP contribution in [0, 0.1) is 0 Å². The van der Waals surface area contributed by atoms with E-state index in [1.165, 1.54) is 41.2 Å². The molecule has 0 aliphatic heterocycles. The third-order valence-corrected chi connectivity index (χ3v) is 7.09. The Morgan fingerprint density at radius 2 is 1.59 bits per heavy atom. The maximum Gasteiger partial charge on any atom is 0.242 e. The summed E-state index contributed by atoms with van der Waals surface area (Å²) in [5, 5.41) is 5.60. The number of nitrogens with zero attached hydrogens (tertiary/aromatic N) is 1. The van der Waals surface area contributed by atoms with Crippen molar-refractivity contribution in [2.75, 3.05) is 6.54 Å². The lowest BCUT2D eigenvalue weighted by atomic mass is 9.95. The summed E-state index contributed by atoms with van der Waals surface area (Å²) in [6.45, 7) is 2.41. The van der Waals surface area contributed by atoms with Crippen molar-refractivity contribution in [3.63, 3.8) is 0 Å². The number of fused-ring (bicyclic) bond motifs is 1. The smallest absolute Gasteiger partial charge is 0.242 e. The lowest BCUT2D eigenvalue weighted by Gasteiger charge is -2.31. The fourth-order valence-electron chi connectivity index (χ4n) is 5.03. The van der Waals surface area contributed by atoms with Crippen LogP contribution in [0.3, 0.4) is 0 Å². The molecule has 178 valence electrons. The number of benzene rings is 3. The van der Waals surface area contributed by atoms with Gasteiger partial charge in [0.1, 0.15) is 6.04 Å². The van der Waals surface area contributed by atoms with E-state index in [0.717, 1.165) is 19.3 Å². The van der Waals surface area contributed by atoms with Gasteiger partial charge in [0.2, 0.25) is 11.8 Å². The number of carbonyl (C=O) groups excluding carboxylic acids is 2.